The number of benzene rings is 2. The van der Waals surface area contributed by atoms with E-state index in [4.69, 9.17) is 16.7 Å². The van der Waals surface area contributed by atoms with Gasteiger partial charge in [0.1, 0.15) is 5.82 Å². The summed E-state index contributed by atoms with van der Waals surface area (Å²) in [5, 5.41) is 8.87. The van der Waals surface area contributed by atoms with Crippen LogP contribution in [0.25, 0.3) is 0 Å². The lowest BCUT2D eigenvalue weighted by Gasteiger charge is -2.04. The Labute approximate surface area is 109 Å². The first kappa shape index (κ1) is 12.6. The highest BCUT2D eigenvalue weighted by Gasteiger charge is 2.04. The maximum Gasteiger partial charge on any atom is 0.335 e. The quantitative estimate of drug-likeness (QED) is 0.916. The summed E-state index contributed by atoms with van der Waals surface area (Å²) < 4.78 is 13.0. The molecule has 0 fully saturated rings. The summed E-state index contributed by atoms with van der Waals surface area (Å²) in [6.45, 7) is 0. The van der Waals surface area contributed by atoms with Gasteiger partial charge in [0.05, 0.1) is 10.6 Å². The Morgan fingerprint density at radius 1 is 1.11 bits per heavy atom. The van der Waals surface area contributed by atoms with E-state index in [1.807, 2.05) is 0 Å². The lowest BCUT2D eigenvalue weighted by molar-refractivity contribution is 0.0697. The van der Waals surface area contributed by atoms with Gasteiger partial charge in [0.15, 0.2) is 0 Å². The van der Waals surface area contributed by atoms with Crippen molar-refractivity contribution in [2.24, 2.45) is 0 Å². The third-order valence-corrected chi connectivity index (χ3v) is 2.88. The van der Waals surface area contributed by atoms with Gasteiger partial charge in [0.25, 0.3) is 0 Å². The van der Waals surface area contributed by atoms with Gasteiger partial charge in [-0.2, -0.15) is 0 Å². The molecule has 0 aliphatic rings. The van der Waals surface area contributed by atoms with Crippen molar-refractivity contribution in [3.05, 3.63) is 70.0 Å². The molecule has 0 amide bonds. The van der Waals surface area contributed by atoms with Gasteiger partial charge in [0, 0.05) is 0 Å². The summed E-state index contributed by atoms with van der Waals surface area (Å²) in [6.07, 6.45) is 0.583. The molecule has 1 N–H and O–H groups in total. The van der Waals surface area contributed by atoms with Crippen molar-refractivity contribution in [1.29, 1.82) is 0 Å². The second-order valence-electron chi connectivity index (χ2n) is 3.93. The van der Waals surface area contributed by atoms with E-state index in [0.717, 1.165) is 11.1 Å². The molecular weight excluding hydrogens is 255 g/mol. The number of rotatable bonds is 3. The molecule has 2 nitrogen and oxygen atoms in total. The first-order valence-electron chi connectivity index (χ1n) is 5.32. The summed E-state index contributed by atoms with van der Waals surface area (Å²) in [5.41, 5.74) is 2.07. The molecule has 2 aromatic rings. The molecule has 0 heterocycles. The minimum Gasteiger partial charge on any atom is -0.478 e. The van der Waals surface area contributed by atoms with Gasteiger partial charge in [0.2, 0.25) is 0 Å². The summed E-state index contributed by atoms with van der Waals surface area (Å²) >= 11 is 5.69. The monoisotopic (exact) mass is 264 g/mol. The van der Waals surface area contributed by atoms with E-state index in [1.54, 1.807) is 36.4 Å². The number of carboxylic acids is 1. The third-order valence-electron chi connectivity index (χ3n) is 2.59. The van der Waals surface area contributed by atoms with Crippen LogP contribution in [-0.2, 0) is 6.42 Å². The Bertz CT molecular complexity index is 579. The van der Waals surface area contributed by atoms with Gasteiger partial charge in [-0.15, -0.1) is 0 Å². The Hall–Kier alpha value is -1.87. The van der Waals surface area contributed by atoms with Gasteiger partial charge in [-0.3, -0.25) is 0 Å². The second-order valence-corrected chi connectivity index (χ2v) is 4.33. The third kappa shape index (κ3) is 2.87. The second kappa shape index (κ2) is 5.19. The van der Waals surface area contributed by atoms with Crippen LogP contribution >= 0.6 is 11.6 Å². The van der Waals surface area contributed by atoms with Crippen LogP contribution in [-0.4, -0.2) is 11.1 Å². The minimum atomic E-state index is -0.952. The Morgan fingerprint density at radius 3 is 2.28 bits per heavy atom. The van der Waals surface area contributed by atoms with Crippen molar-refractivity contribution in [1.82, 2.24) is 0 Å². The molecule has 4 heteroatoms. The summed E-state index contributed by atoms with van der Waals surface area (Å²) in [6, 6.07) is 11.1. The fourth-order valence-corrected chi connectivity index (χ4v) is 1.85. The molecule has 0 radical (unpaired) electrons. The van der Waals surface area contributed by atoms with Crippen LogP contribution in [0.5, 0.6) is 0 Å². The molecule has 0 bridgehead atoms. The van der Waals surface area contributed by atoms with Crippen molar-refractivity contribution in [2.75, 3.05) is 0 Å². The van der Waals surface area contributed by atoms with Crippen molar-refractivity contribution < 1.29 is 14.3 Å². The molecule has 0 aliphatic carbocycles. The summed E-state index contributed by atoms with van der Waals surface area (Å²) in [5.74, 6) is -1.40. The van der Waals surface area contributed by atoms with Crippen LogP contribution < -0.4 is 0 Å². The van der Waals surface area contributed by atoms with E-state index in [2.05, 4.69) is 0 Å². The van der Waals surface area contributed by atoms with Crippen LogP contribution in [0.1, 0.15) is 21.5 Å². The summed E-state index contributed by atoms with van der Waals surface area (Å²) in [4.78, 5) is 10.7. The lowest BCUT2D eigenvalue weighted by atomic mass is 10.0. The Morgan fingerprint density at radius 2 is 1.72 bits per heavy atom. The number of hydrogen-bond donors (Lipinski definition) is 1. The predicted molar refractivity (Wildman–Crippen MR) is 67.6 cm³/mol. The maximum atomic E-state index is 13.0. The van der Waals surface area contributed by atoms with Crippen LogP contribution in [0.15, 0.2) is 42.5 Å². The predicted octanol–water partition coefficient (Wildman–Crippen LogP) is 3.77. The van der Waals surface area contributed by atoms with Crippen molar-refractivity contribution >= 4 is 17.6 Å². The number of carboxylic acid groups (broad SMARTS) is 1. The molecular formula is C14H10ClFO2. The van der Waals surface area contributed by atoms with Crippen LogP contribution in [0, 0.1) is 5.82 Å². The topological polar surface area (TPSA) is 37.3 Å². The number of hydrogen-bond acceptors (Lipinski definition) is 1. The molecule has 0 saturated carbocycles. The van der Waals surface area contributed by atoms with Gasteiger partial charge < -0.3 is 5.11 Å². The van der Waals surface area contributed by atoms with Gasteiger partial charge in [-0.05, 0) is 41.8 Å². The van der Waals surface area contributed by atoms with Crippen molar-refractivity contribution in [2.45, 2.75) is 6.42 Å². The number of aromatic carboxylic acids is 1. The largest absolute Gasteiger partial charge is 0.478 e. The van der Waals surface area contributed by atoms with Gasteiger partial charge in [-0.25, -0.2) is 9.18 Å². The molecule has 0 aliphatic heterocycles. The van der Waals surface area contributed by atoms with Crippen molar-refractivity contribution in [3.63, 3.8) is 0 Å². The van der Waals surface area contributed by atoms with E-state index in [9.17, 15) is 9.18 Å². The average molecular weight is 265 g/mol. The smallest absolute Gasteiger partial charge is 0.335 e. The molecule has 0 atom stereocenters. The average Bonchev–Trinajstić information content (AvgIpc) is 2.34. The highest BCUT2D eigenvalue weighted by Crippen LogP contribution is 2.18. The Balaban J connectivity index is 2.18. The molecule has 0 spiro atoms. The molecule has 18 heavy (non-hydrogen) atoms. The van der Waals surface area contributed by atoms with E-state index in [-0.39, 0.29) is 10.6 Å². The summed E-state index contributed by atoms with van der Waals surface area (Å²) in [7, 11) is 0. The van der Waals surface area contributed by atoms with Crippen molar-refractivity contribution in [3.8, 4) is 0 Å². The SMILES string of the molecule is O=C(O)c1ccc(Cc2ccc(F)c(Cl)c2)cc1. The fourth-order valence-electron chi connectivity index (χ4n) is 1.65. The zero-order chi connectivity index (χ0) is 13.1. The number of carbonyl (C=O) groups is 1. The molecule has 0 unspecified atom stereocenters. The van der Waals surface area contributed by atoms with Crippen LogP contribution in [0.2, 0.25) is 5.02 Å². The normalized spacial score (nSPS) is 10.3. The zero-order valence-corrected chi connectivity index (χ0v) is 10.1. The molecule has 0 aromatic heterocycles. The van der Waals surface area contributed by atoms with Gasteiger partial charge in [-0.1, -0.05) is 29.8 Å². The highest BCUT2D eigenvalue weighted by atomic mass is 35.5. The first-order valence-corrected chi connectivity index (χ1v) is 5.70. The first-order chi connectivity index (χ1) is 8.56. The van der Waals surface area contributed by atoms with Gasteiger partial charge >= 0.3 is 5.97 Å². The lowest BCUT2D eigenvalue weighted by Crippen LogP contribution is -1.96. The molecule has 92 valence electrons. The zero-order valence-electron chi connectivity index (χ0n) is 9.36. The van der Waals surface area contributed by atoms with E-state index in [0.29, 0.717) is 6.42 Å². The molecule has 2 rings (SSSR count). The highest BCUT2D eigenvalue weighted by molar-refractivity contribution is 6.30. The van der Waals surface area contributed by atoms with E-state index in [1.165, 1.54) is 6.07 Å². The van der Waals surface area contributed by atoms with Crippen LogP contribution in [0.4, 0.5) is 4.39 Å². The van der Waals surface area contributed by atoms with E-state index < -0.39 is 11.8 Å². The molecule has 2 aromatic carbocycles. The van der Waals surface area contributed by atoms with E-state index >= 15 is 0 Å². The van der Waals surface area contributed by atoms with Crippen LogP contribution in [0.3, 0.4) is 0 Å². The maximum absolute atomic E-state index is 13.0. The minimum absolute atomic E-state index is 0.0923. The number of halogens is 2. The standard InChI is InChI=1S/C14H10ClFO2/c15-12-8-10(3-6-13(12)16)7-9-1-4-11(5-2-9)14(17)18/h1-6,8H,7H2,(H,17,18). The molecule has 0 saturated heterocycles. The fraction of sp³-hybridized carbons (Fsp3) is 0.0714. The Kier molecular flexibility index (Phi) is 3.63.